The fraction of sp³-hybridized carbons (Fsp3) is 0.308. The molecule has 11 heteroatoms. The second kappa shape index (κ2) is 9.07. The van der Waals surface area contributed by atoms with Gasteiger partial charge < -0.3 is 5.32 Å². The Balaban J connectivity index is 1.70. The molecule has 0 spiro atoms. The second-order valence-corrected chi connectivity index (χ2v) is 12.2. The van der Waals surface area contributed by atoms with E-state index in [0.29, 0.717) is 29.1 Å². The third-order valence-corrected chi connectivity index (χ3v) is 7.06. The zero-order chi connectivity index (χ0) is 26.6. The van der Waals surface area contributed by atoms with Crippen LogP contribution in [0, 0.1) is 25.5 Å². The van der Waals surface area contributed by atoms with Crippen LogP contribution in [0.15, 0.2) is 51.9 Å². The van der Waals surface area contributed by atoms with Crippen LogP contribution in [0.3, 0.4) is 0 Å². The molecule has 0 radical (unpaired) electrons. The fourth-order valence-electron chi connectivity index (χ4n) is 4.78. The van der Waals surface area contributed by atoms with E-state index >= 15 is 4.39 Å². The van der Waals surface area contributed by atoms with Gasteiger partial charge in [0.15, 0.2) is 0 Å². The SMILES string of the molecule is Cc1cc(-n2nc3c(c2-n2ccn(-c4ccc(N=S(C)(C)=O)cc4F)c2=O)[C@H](C)NCC3)cc(C)c1F. The van der Waals surface area contributed by atoms with Crippen LogP contribution >= 0.6 is 0 Å². The minimum atomic E-state index is -2.46. The van der Waals surface area contributed by atoms with Crippen molar-refractivity contribution in [2.24, 2.45) is 4.36 Å². The van der Waals surface area contributed by atoms with Gasteiger partial charge in [-0.2, -0.15) is 9.46 Å². The van der Waals surface area contributed by atoms with Crippen LogP contribution in [-0.2, 0) is 16.1 Å². The molecule has 37 heavy (non-hydrogen) atoms. The standard InChI is InChI=1S/C26H28F2N6O2S/c1-15-12-19(13-16(2)24(15)28)34-25(23-17(3)29-9-8-21(23)30-34)33-11-10-32(26(33)35)22-7-6-18(14-20(22)27)31-37(4,5)36/h6-7,10-14,17,29H,8-9H2,1-5H3/t17-/m0/s1. The topological polar surface area (TPSA) is 86.2 Å². The van der Waals surface area contributed by atoms with E-state index < -0.39 is 21.2 Å². The van der Waals surface area contributed by atoms with E-state index in [1.54, 1.807) is 36.9 Å². The quantitative estimate of drug-likeness (QED) is 0.430. The van der Waals surface area contributed by atoms with Crippen molar-refractivity contribution in [3.8, 4) is 17.2 Å². The number of nitrogens with zero attached hydrogens (tertiary/aromatic N) is 5. The highest BCUT2D eigenvalue weighted by atomic mass is 32.2. The zero-order valence-electron chi connectivity index (χ0n) is 21.2. The van der Waals surface area contributed by atoms with Crippen LogP contribution < -0.4 is 11.0 Å². The van der Waals surface area contributed by atoms with Gasteiger partial charge in [0.25, 0.3) is 0 Å². The first-order chi connectivity index (χ1) is 17.4. The van der Waals surface area contributed by atoms with Gasteiger partial charge in [0, 0.05) is 65.3 Å². The highest BCUT2D eigenvalue weighted by Crippen LogP contribution is 2.31. The average Bonchev–Trinajstić information content (AvgIpc) is 3.37. The van der Waals surface area contributed by atoms with Crippen molar-refractivity contribution in [3.63, 3.8) is 0 Å². The lowest BCUT2D eigenvalue weighted by atomic mass is 10.0. The molecule has 1 N–H and O–H groups in total. The predicted molar refractivity (Wildman–Crippen MR) is 140 cm³/mol. The molecule has 194 valence electrons. The molecular weight excluding hydrogens is 498 g/mol. The Morgan fingerprint density at radius 3 is 2.41 bits per heavy atom. The second-order valence-electron chi connectivity index (χ2n) is 9.64. The maximum absolute atomic E-state index is 15.1. The number of nitrogens with one attached hydrogen (secondary N) is 1. The van der Waals surface area contributed by atoms with Gasteiger partial charge in [-0.1, -0.05) is 0 Å². The monoisotopic (exact) mass is 526 g/mol. The lowest BCUT2D eigenvalue weighted by molar-refractivity contribution is 0.536. The molecule has 0 unspecified atom stereocenters. The summed E-state index contributed by atoms with van der Waals surface area (Å²) in [6, 6.07) is 7.44. The average molecular weight is 527 g/mol. The summed E-state index contributed by atoms with van der Waals surface area (Å²) in [5.74, 6) is -0.430. The van der Waals surface area contributed by atoms with E-state index in [-0.39, 0.29) is 23.2 Å². The van der Waals surface area contributed by atoms with Crippen LogP contribution in [0.25, 0.3) is 17.2 Å². The molecule has 0 aliphatic carbocycles. The van der Waals surface area contributed by atoms with Crippen molar-refractivity contribution < 1.29 is 13.0 Å². The van der Waals surface area contributed by atoms with E-state index in [1.807, 2.05) is 6.92 Å². The highest BCUT2D eigenvalue weighted by Gasteiger charge is 2.29. The van der Waals surface area contributed by atoms with Crippen molar-refractivity contribution in [1.29, 1.82) is 0 Å². The van der Waals surface area contributed by atoms with Crippen molar-refractivity contribution in [3.05, 3.63) is 87.2 Å². The Labute approximate surface area is 213 Å². The number of aromatic nitrogens is 4. The molecular formula is C26H28F2N6O2S. The molecule has 1 aliphatic rings. The normalized spacial score (nSPS) is 15.6. The van der Waals surface area contributed by atoms with Crippen LogP contribution in [0.2, 0.25) is 0 Å². The van der Waals surface area contributed by atoms with E-state index in [1.165, 1.54) is 40.0 Å². The number of benzene rings is 2. The van der Waals surface area contributed by atoms with Crippen LogP contribution in [0.1, 0.15) is 35.3 Å². The minimum absolute atomic E-state index is 0.0426. The number of aryl methyl sites for hydroxylation is 2. The number of fused-ring (bicyclic) bond motifs is 1. The summed E-state index contributed by atoms with van der Waals surface area (Å²) in [5, 5.41) is 8.22. The largest absolute Gasteiger partial charge is 0.338 e. The number of rotatable bonds is 4. The van der Waals surface area contributed by atoms with E-state index in [2.05, 4.69) is 9.68 Å². The van der Waals surface area contributed by atoms with Crippen LogP contribution in [-0.4, -0.2) is 42.2 Å². The summed E-state index contributed by atoms with van der Waals surface area (Å²) in [6.07, 6.45) is 6.67. The van der Waals surface area contributed by atoms with Crippen molar-refractivity contribution in [1.82, 2.24) is 24.2 Å². The molecule has 0 bridgehead atoms. The molecule has 0 saturated heterocycles. The molecule has 1 atom stereocenters. The maximum Gasteiger partial charge on any atom is 0.338 e. The summed E-state index contributed by atoms with van der Waals surface area (Å²) >= 11 is 0. The summed E-state index contributed by atoms with van der Waals surface area (Å²) in [7, 11) is -2.46. The number of hydrogen-bond acceptors (Lipinski definition) is 5. The first-order valence-corrected chi connectivity index (χ1v) is 14.2. The molecule has 3 heterocycles. The maximum atomic E-state index is 15.1. The van der Waals surface area contributed by atoms with Gasteiger partial charge in [0.05, 0.1) is 22.8 Å². The third kappa shape index (κ3) is 4.53. The predicted octanol–water partition coefficient (Wildman–Crippen LogP) is 4.27. The lowest BCUT2D eigenvalue weighted by Crippen LogP contribution is -2.30. The summed E-state index contributed by atoms with van der Waals surface area (Å²) in [5.41, 5.74) is 3.07. The minimum Gasteiger partial charge on any atom is -0.310 e. The van der Waals surface area contributed by atoms with Crippen molar-refractivity contribution in [2.45, 2.75) is 33.2 Å². The van der Waals surface area contributed by atoms with Crippen molar-refractivity contribution in [2.75, 3.05) is 19.1 Å². The molecule has 0 saturated carbocycles. The van der Waals surface area contributed by atoms with Gasteiger partial charge in [-0.3, -0.25) is 9.13 Å². The molecule has 0 fully saturated rings. The van der Waals surface area contributed by atoms with Gasteiger partial charge in [-0.25, -0.2) is 22.5 Å². The van der Waals surface area contributed by atoms with Gasteiger partial charge in [-0.15, -0.1) is 0 Å². The summed E-state index contributed by atoms with van der Waals surface area (Å²) < 4.78 is 49.8. The number of halogens is 2. The van der Waals surface area contributed by atoms with Gasteiger partial charge in [-0.05, 0) is 56.2 Å². The first-order valence-electron chi connectivity index (χ1n) is 11.8. The van der Waals surface area contributed by atoms with Gasteiger partial charge in [0.1, 0.15) is 17.5 Å². The fourth-order valence-corrected chi connectivity index (χ4v) is 5.40. The number of imidazole rings is 1. The lowest BCUT2D eigenvalue weighted by Gasteiger charge is -2.21. The molecule has 5 rings (SSSR count). The van der Waals surface area contributed by atoms with Crippen molar-refractivity contribution >= 4 is 15.4 Å². The summed E-state index contributed by atoms with van der Waals surface area (Å²) in [4.78, 5) is 13.7. The molecule has 2 aromatic carbocycles. The third-order valence-electron chi connectivity index (χ3n) is 6.41. The van der Waals surface area contributed by atoms with Gasteiger partial charge >= 0.3 is 5.69 Å². The van der Waals surface area contributed by atoms with Crippen LogP contribution in [0.5, 0.6) is 0 Å². The molecule has 1 aliphatic heterocycles. The zero-order valence-corrected chi connectivity index (χ0v) is 22.1. The Morgan fingerprint density at radius 2 is 1.76 bits per heavy atom. The van der Waals surface area contributed by atoms with E-state index in [9.17, 15) is 13.4 Å². The molecule has 2 aromatic heterocycles. The Bertz CT molecular complexity index is 1690. The smallest absolute Gasteiger partial charge is 0.310 e. The first kappa shape index (κ1) is 25.1. The van der Waals surface area contributed by atoms with Crippen LogP contribution in [0.4, 0.5) is 14.5 Å². The molecule has 4 aromatic rings. The van der Waals surface area contributed by atoms with E-state index in [4.69, 9.17) is 5.10 Å². The van der Waals surface area contributed by atoms with Gasteiger partial charge in [0.2, 0.25) is 0 Å². The Morgan fingerprint density at radius 1 is 1.08 bits per heavy atom. The Kier molecular flexibility index (Phi) is 6.15. The Hall–Kier alpha value is -3.57. The van der Waals surface area contributed by atoms with E-state index in [0.717, 1.165) is 23.9 Å². The molecule has 0 amide bonds. The summed E-state index contributed by atoms with van der Waals surface area (Å²) in [6.45, 7) is 6.12. The molecule has 8 nitrogen and oxygen atoms in total. The number of hydrogen-bond donors (Lipinski definition) is 1. The highest BCUT2D eigenvalue weighted by molar-refractivity contribution is 7.92.